The number of halogens is 1. The largest absolute Gasteiger partial charge is 0.497 e. The van der Waals surface area contributed by atoms with Crippen LogP contribution in [0.4, 0.5) is 21.8 Å². The molecule has 0 spiro atoms. The molecule has 190 valence electrons. The molecule has 1 amide bonds. The van der Waals surface area contributed by atoms with Gasteiger partial charge in [-0.3, -0.25) is 9.59 Å². The summed E-state index contributed by atoms with van der Waals surface area (Å²) in [7, 11) is 1.59. The third-order valence-corrected chi connectivity index (χ3v) is 5.75. The molecule has 36 heavy (non-hydrogen) atoms. The van der Waals surface area contributed by atoms with E-state index in [0.717, 1.165) is 10.6 Å². The predicted molar refractivity (Wildman–Crippen MR) is 136 cm³/mol. The molecule has 9 nitrogen and oxygen atoms in total. The maximum absolute atomic E-state index is 13.7. The third kappa shape index (κ3) is 8.42. The van der Waals surface area contributed by atoms with E-state index in [1.54, 1.807) is 25.3 Å². The number of nitrogens with one attached hydrogen (secondary N) is 3. The number of nitrogens with zero attached hydrogens (tertiary/aromatic N) is 2. The molecule has 3 rings (SSSR count). The molecule has 0 fully saturated rings. The fraction of sp³-hybridized carbons (Fsp3) is 0.280. The zero-order valence-corrected chi connectivity index (χ0v) is 20.9. The van der Waals surface area contributed by atoms with Crippen molar-refractivity contribution >= 4 is 41.1 Å². The molecule has 0 aliphatic carbocycles. The smallest absolute Gasteiger partial charge is 0.322 e. The Bertz CT molecular complexity index is 1190. The number of hydrogen-bond donors (Lipinski definition) is 4. The van der Waals surface area contributed by atoms with Gasteiger partial charge in [-0.1, -0.05) is 31.7 Å². The Morgan fingerprint density at radius 3 is 2.50 bits per heavy atom. The van der Waals surface area contributed by atoms with Gasteiger partial charge in [0, 0.05) is 16.6 Å². The average molecular weight is 514 g/mol. The quantitative estimate of drug-likeness (QED) is 0.258. The van der Waals surface area contributed by atoms with E-state index in [-0.39, 0.29) is 11.9 Å². The van der Waals surface area contributed by atoms with Crippen molar-refractivity contribution in [2.45, 2.75) is 36.2 Å². The van der Waals surface area contributed by atoms with Crippen LogP contribution in [0, 0.1) is 11.7 Å². The molecule has 11 heteroatoms. The van der Waals surface area contributed by atoms with Crippen molar-refractivity contribution in [1.29, 1.82) is 0 Å². The van der Waals surface area contributed by atoms with Crippen LogP contribution in [0.3, 0.4) is 0 Å². The molecule has 0 aliphatic heterocycles. The lowest BCUT2D eigenvalue weighted by molar-refractivity contribution is -0.138. The van der Waals surface area contributed by atoms with Crippen molar-refractivity contribution in [2.24, 2.45) is 5.92 Å². The van der Waals surface area contributed by atoms with E-state index in [4.69, 9.17) is 9.84 Å². The summed E-state index contributed by atoms with van der Waals surface area (Å²) in [6.45, 7) is 3.41. The molecule has 0 bridgehead atoms. The van der Waals surface area contributed by atoms with Gasteiger partial charge in [0.15, 0.2) is 0 Å². The van der Waals surface area contributed by atoms with Crippen molar-refractivity contribution in [1.82, 2.24) is 15.3 Å². The molecule has 0 unspecified atom stereocenters. The van der Waals surface area contributed by atoms with Gasteiger partial charge in [-0.2, -0.15) is 4.98 Å². The van der Waals surface area contributed by atoms with E-state index < -0.39 is 30.3 Å². The molecule has 1 aromatic heterocycles. The molecular formula is C25H28FN5O4S. The third-order valence-electron chi connectivity index (χ3n) is 4.82. The van der Waals surface area contributed by atoms with E-state index in [1.807, 2.05) is 38.1 Å². The summed E-state index contributed by atoms with van der Waals surface area (Å²) in [5.41, 5.74) is 0.498. The maximum atomic E-state index is 13.7. The number of methoxy groups -OCH3 is 1. The number of anilines is 3. The number of carboxylic acids is 1. The van der Waals surface area contributed by atoms with Gasteiger partial charge in [-0.05, 0) is 54.8 Å². The predicted octanol–water partition coefficient (Wildman–Crippen LogP) is 4.55. The van der Waals surface area contributed by atoms with Crippen molar-refractivity contribution in [3.05, 3.63) is 60.4 Å². The maximum Gasteiger partial charge on any atom is 0.322 e. The minimum atomic E-state index is -1.14. The molecule has 1 atom stereocenters. The summed E-state index contributed by atoms with van der Waals surface area (Å²) < 4.78 is 18.9. The summed E-state index contributed by atoms with van der Waals surface area (Å²) in [6.07, 6.45) is 0.428. The van der Waals surface area contributed by atoms with E-state index in [1.165, 1.54) is 23.9 Å². The Balaban J connectivity index is 1.91. The van der Waals surface area contributed by atoms with Gasteiger partial charge in [0.25, 0.3) is 0 Å². The van der Waals surface area contributed by atoms with E-state index in [0.29, 0.717) is 23.0 Å². The van der Waals surface area contributed by atoms with Gasteiger partial charge in [0.1, 0.15) is 35.0 Å². The van der Waals surface area contributed by atoms with Crippen LogP contribution >= 0.6 is 11.8 Å². The summed E-state index contributed by atoms with van der Waals surface area (Å²) >= 11 is 1.37. The molecule has 0 aliphatic rings. The Labute approximate surface area is 212 Å². The van der Waals surface area contributed by atoms with E-state index in [9.17, 15) is 14.0 Å². The lowest BCUT2D eigenvalue weighted by atomic mass is 10.0. The highest BCUT2D eigenvalue weighted by atomic mass is 32.2. The van der Waals surface area contributed by atoms with E-state index >= 15 is 0 Å². The molecule has 2 aromatic carbocycles. The van der Waals surface area contributed by atoms with Crippen LogP contribution in [0.1, 0.15) is 20.3 Å². The number of aromatic nitrogens is 2. The number of amides is 1. The van der Waals surface area contributed by atoms with Crippen LogP contribution in [0.5, 0.6) is 5.75 Å². The number of rotatable bonds is 12. The lowest BCUT2D eigenvalue weighted by Gasteiger charge is -2.20. The number of benzene rings is 2. The molecule has 0 saturated carbocycles. The fourth-order valence-electron chi connectivity index (χ4n) is 3.23. The number of hydrogen-bond acceptors (Lipinski definition) is 8. The Hall–Kier alpha value is -3.86. The van der Waals surface area contributed by atoms with Crippen LogP contribution in [0.25, 0.3) is 0 Å². The average Bonchev–Trinajstić information content (AvgIpc) is 2.82. The highest BCUT2D eigenvalue weighted by molar-refractivity contribution is 7.99. The molecular weight excluding hydrogens is 485 g/mol. The van der Waals surface area contributed by atoms with Crippen molar-refractivity contribution < 1.29 is 23.8 Å². The highest BCUT2D eigenvalue weighted by Gasteiger charge is 2.22. The number of carbonyl (C=O) groups excluding carboxylic acids is 1. The van der Waals surface area contributed by atoms with E-state index in [2.05, 4.69) is 25.9 Å². The standard InChI is InChI=1S/C25H28FN5O4S/c1-15(2)11-20(24(34)27-14-23(32)33)29-25-30-21(28-17-6-4-5-16(26)12-17)13-22(31-25)36-19-9-7-18(35-3)8-10-19/h4-10,12-13,15,20H,11,14H2,1-3H3,(H,27,34)(H,32,33)(H2,28,29,30,31)/t20-/m0/s1. The minimum absolute atomic E-state index is 0.139. The summed E-state index contributed by atoms with van der Waals surface area (Å²) in [5.74, 6) is -0.578. The zero-order chi connectivity index (χ0) is 26.1. The van der Waals surface area contributed by atoms with Crippen molar-refractivity contribution in [3.8, 4) is 5.75 Å². The highest BCUT2D eigenvalue weighted by Crippen LogP contribution is 2.30. The Morgan fingerprint density at radius 2 is 1.86 bits per heavy atom. The lowest BCUT2D eigenvalue weighted by Crippen LogP contribution is -2.42. The fourth-order valence-corrected chi connectivity index (χ4v) is 4.05. The van der Waals surface area contributed by atoms with Gasteiger partial charge in [-0.25, -0.2) is 9.37 Å². The molecule has 0 radical (unpaired) electrons. The minimum Gasteiger partial charge on any atom is -0.497 e. The van der Waals surface area contributed by atoms with Crippen LogP contribution in [-0.2, 0) is 9.59 Å². The van der Waals surface area contributed by atoms with Gasteiger partial charge in [-0.15, -0.1) is 0 Å². The van der Waals surface area contributed by atoms with Crippen LogP contribution in [0.2, 0.25) is 0 Å². The first-order valence-corrected chi connectivity index (χ1v) is 12.0. The number of aliphatic carboxylic acids is 1. The van der Waals surface area contributed by atoms with Gasteiger partial charge < -0.3 is 25.8 Å². The second kappa shape index (κ2) is 12.7. The molecule has 4 N–H and O–H groups in total. The summed E-state index contributed by atoms with van der Waals surface area (Å²) in [4.78, 5) is 33.5. The number of carbonyl (C=O) groups is 2. The summed E-state index contributed by atoms with van der Waals surface area (Å²) in [6, 6.07) is 14.4. The first kappa shape index (κ1) is 26.7. The topological polar surface area (TPSA) is 125 Å². The van der Waals surface area contributed by atoms with Crippen LogP contribution < -0.4 is 20.7 Å². The summed E-state index contributed by atoms with van der Waals surface area (Å²) in [5, 5.41) is 18.0. The zero-order valence-electron chi connectivity index (χ0n) is 20.1. The second-order valence-corrected chi connectivity index (χ2v) is 9.36. The van der Waals surface area contributed by atoms with Gasteiger partial charge >= 0.3 is 5.97 Å². The van der Waals surface area contributed by atoms with Gasteiger partial charge in [0.05, 0.1) is 7.11 Å². The first-order valence-electron chi connectivity index (χ1n) is 11.2. The number of ether oxygens (including phenoxy) is 1. The van der Waals surface area contributed by atoms with Crippen LogP contribution in [-0.4, -0.2) is 46.6 Å². The SMILES string of the molecule is COc1ccc(Sc2cc(Nc3cccc(F)c3)nc(N[C@@H](CC(C)C)C(=O)NCC(=O)O)n2)cc1. The molecule has 1 heterocycles. The molecule has 3 aromatic rings. The monoisotopic (exact) mass is 513 g/mol. The van der Waals surface area contributed by atoms with Crippen molar-refractivity contribution in [3.63, 3.8) is 0 Å². The Kier molecular flexibility index (Phi) is 9.46. The number of carboxylic acid groups (broad SMARTS) is 1. The molecule has 0 saturated heterocycles. The van der Waals surface area contributed by atoms with Crippen LogP contribution in [0.15, 0.2) is 64.5 Å². The van der Waals surface area contributed by atoms with Gasteiger partial charge in [0.2, 0.25) is 11.9 Å². The normalized spacial score (nSPS) is 11.6. The van der Waals surface area contributed by atoms with Crippen molar-refractivity contribution in [2.75, 3.05) is 24.3 Å². The second-order valence-electron chi connectivity index (χ2n) is 8.27. The first-order chi connectivity index (χ1) is 17.2. The Morgan fingerprint density at radius 1 is 1.11 bits per heavy atom.